The highest BCUT2D eigenvalue weighted by molar-refractivity contribution is 6.70. The van der Waals surface area contributed by atoms with Crippen LogP contribution in [-0.4, -0.2) is 53.0 Å². The van der Waals surface area contributed by atoms with Crippen LogP contribution in [0.2, 0.25) is 39.3 Å². The molecule has 0 N–H and O–H groups in total. The van der Waals surface area contributed by atoms with E-state index in [2.05, 4.69) is 45.9 Å². The lowest BCUT2D eigenvalue weighted by atomic mass is 9.59. The predicted octanol–water partition coefficient (Wildman–Crippen LogP) is 5.06. The minimum Gasteiger partial charge on any atom is -0.469 e. The van der Waals surface area contributed by atoms with Gasteiger partial charge in [-0.3, -0.25) is 9.59 Å². The van der Waals surface area contributed by atoms with Gasteiger partial charge in [0.25, 0.3) is 0 Å². The molecule has 8 atom stereocenters. The van der Waals surface area contributed by atoms with E-state index >= 15 is 0 Å². The molecule has 4 saturated carbocycles. The first-order valence-electron chi connectivity index (χ1n) is 12.9. The van der Waals surface area contributed by atoms with E-state index in [1.165, 1.54) is 7.11 Å². The summed E-state index contributed by atoms with van der Waals surface area (Å²) in [6.45, 7) is 19.7. The van der Waals surface area contributed by atoms with E-state index in [0.29, 0.717) is 0 Å². The standard InChI is InChI=1S/C26H42O6Si2/c1-16-14-24-15-25(16,32-34(7,8)9)12-10-17(24)26-13-11-18(31-33(4,5)6)23(2,22(28)30-26)20(26)19(24)21(27)29-3/h17-20H,1,10-15H2,2-9H3/t17-,18+,19-,20-,23?,24+,25+,26+/m1/s1. The molecule has 4 bridgehead atoms. The normalized spacial score (nSPS) is 47.3. The van der Waals surface area contributed by atoms with Crippen LogP contribution < -0.4 is 0 Å². The van der Waals surface area contributed by atoms with Crippen LogP contribution in [0.5, 0.6) is 0 Å². The van der Waals surface area contributed by atoms with Crippen molar-refractivity contribution < 1.29 is 27.9 Å². The van der Waals surface area contributed by atoms with E-state index in [1.54, 1.807) is 0 Å². The minimum atomic E-state index is -1.92. The summed E-state index contributed by atoms with van der Waals surface area (Å²) in [4.78, 5) is 27.3. The molecule has 0 amide bonds. The highest BCUT2D eigenvalue weighted by Crippen LogP contribution is 2.79. The number of methoxy groups -OCH3 is 1. The fraction of sp³-hybridized carbons (Fsp3) is 0.846. The van der Waals surface area contributed by atoms with Gasteiger partial charge >= 0.3 is 11.9 Å². The van der Waals surface area contributed by atoms with Crippen molar-refractivity contribution in [3.63, 3.8) is 0 Å². The van der Waals surface area contributed by atoms with Crippen molar-refractivity contribution in [3.05, 3.63) is 12.2 Å². The Bertz CT molecular complexity index is 952. The van der Waals surface area contributed by atoms with Crippen molar-refractivity contribution in [2.75, 3.05) is 7.11 Å². The van der Waals surface area contributed by atoms with Gasteiger partial charge < -0.3 is 18.3 Å². The number of carbonyl (C=O) groups is 2. The van der Waals surface area contributed by atoms with Gasteiger partial charge in [0.05, 0.1) is 30.1 Å². The Morgan fingerprint density at radius 1 is 1.09 bits per heavy atom. The Balaban J connectivity index is 1.65. The number of hydrogen-bond acceptors (Lipinski definition) is 6. The summed E-state index contributed by atoms with van der Waals surface area (Å²) >= 11 is 0. The Morgan fingerprint density at radius 2 is 1.76 bits per heavy atom. The SMILES string of the molecule is C=C1C[C@]23C[C@@]1(O[Si](C)(C)C)CC[C@H]2[C@]12CC[C@H](O[Si](C)(C)C)C(C)(C(=O)O1)[C@H]2[C@@H]3C(=O)OC. The number of ether oxygens (including phenoxy) is 2. The van der Waals surface area contributed by atoms with E-state index < -0.39 is 33.6 Å². The maximum atomic E-state index is 13.7. The van der Waals surface area contributed by atoms with Crippen molar-refractivity contribution in [2.45, 2.75) is 102 Å². The summed E-state index contributed by atoms with van der Waals surface area (Å²) in [6, 6.07) is 0. The molecule has 1 aliphatic heterocycles. The fourth-order valence-electron chi connectivity index (χ4n) is 9.07. The van der Waals surface area contributed by atoms with E-state index in [-0.39, 0.29) is 40.9 Å². The van der Waals surface area contributed by atoms with Crippen molar-refractivity contribution >= 4 is 28.6 Å². The van der Waals surface area contributed by atoms with Crippen LogP contribution in [0.25, 0.3) is 0 Å². The number of fused-ring (bicyclic) bond motifs is 1. The Morgan fingerprint density at radius 3 is 2.35 bits per heavy atom. The molecule has 0 radical (unpaired) electrons. The van der Waals surface area contributed by atoms with Crippen LogP contribution in [0.4, 0.5) is 0 Å². The Kier molecular flexibility index (Phi) is 5.14. The first kappa shape index (κ1) is 24.7. The van der Waals surface area contributed by atoms with Crippen molar-refractivity contribution in [2.24, 2.45) is 28.6 Å². The van der Waals surface area contributed by atoms with Crippen molar-refractivity contribution in [3.8, 4) is 0 Å². The summed E-state index contributed by atoms with van der Waals surface area (Å²) in [5.41, 5.74) is -1.09. The van der Waals surface area contributed by atoms with Gasteiger partial charge in [-0.2, -0.15) is 0 Å². The first-order valence-corrected chi connectivity index (χ1v) is 19.7. The molecule has 1 unspecified atom stereocenters. The van der Waals surface area contributed by atoms with Crippen LogP contribution in [0.3, 0.4) is 0 Å². The number of rotatable bonds is 5. The lowest BCUT2D eigenvalue weighted by Crippen LogP contribution is -2.56. The molecule has 1 saturated heterocycles. The molecule has 0 aromatic carbocycles. The van der Waals surface area contributed by atoms with Gasteiger partial charge in [-0.1, -0.05) is 6.58 Å². The van der Waals surface area contributed by atoms with Crippen LogP contribution in [-0.2, 0) is 27.9 Å². The fourth-order valence-corrected chi connectivity index (χ4v) is 11.8. The van der Waals surface area contributed by atoms with E-state index in [4.69, 9.17) is 18.3 Å². The van der Waals surface area contributed by atoms with Gasteiger partial charge in [-0.05, 0) is 95.7 Å². The van der Waals surface area contributed by atoms with E-state index in [0.717, 1.165) is 44.1 Å². The van der Waals surface area contributed by atoms with Gasteiger partial charge in [0.15, 0.2) is 16.6 Å². The maximum absolute atomic E-state index is 13.7. The third-order valence-corrected chi connectivity index (χ3v) is 11.7. The zero-order valence-electron chi connectivity index (χ0n) is 22.2. The molecule has 5 rings (SSSR count). The Hall–Kier alpha value is -0.966. The molecule has 4 aliphatic carbocycles. The lowest BCUT2D eigenvalue weighted by molar-refractivity contribution is -0.164. The van der Waals surface area contributed by atoms with Gasteiger partial charge in [0.1, 0.15) is 5.60 Å². The third-order valence-electron chi connectivity index (χ3n) is 9.69. The summed E-state index contributed by atoms with van der Waals surface area (Å²) in [5.74, 6) is -0.947. The smallest absolute Gasteiger partial charge is 0.315 e. The van der Waals surface area contributed by atoms with Gasteiger partial charge in [0, 0.05) is 11.8 Å². The zero-order valence-corrected chi connectivity index (χ0v) is 24.2. The second kappa shape index (κ2) is 7.08. The van der Waals surface area contributed by atoms with Crippen LogP contribution >= 0.6 is 0 Å². The maximum Gasteiger partial charge on any atom is 0.315 e. The largest absolute Gasteiger partial charge is 0.469 e. The average molecular weight is 507 g/mol. The number of carbonyl (C=O) groups excluding carboxylic acids is 2. The lowest BCUT2D eigenvalue weighted by Gasteiger charge is -2.48. The molecule has 8 heteroatoms. The highest BCUT2D eigenvalue weighted by Gasteiger charge is 2.84. The molecule has 5 aliphatic rings. The van der Waals surface area contributed by atoms with E-state index in [9.17, 15) is 9.59 Å². The second-order valence-electron chi connectivity index (χ2n) is 13.9. The molecular formula is C26H42O6Si2. The molecule has 6 nitrogen and oxygen atoms in total. The summed E-state index contributed by atoms with van der Waals surface area (Å²) in [7, 11) is -2.31. The molecule has 190 valence electrons. The quantitative estimate of drug-likeness (QED) is 0.295. The van der Waals surface area contributed by atoms with Crippen LogP contribution in [0.15, 0.2) is 12.2 Å². The average Bonchev–Trinajstić information content (AvgIpc) is 3.12. The topological polar surface area (TPSA) is 71.1 Å². The first-order chi connectivity index (χ1) is 15.5. The summed E-state index contributed by atoms with van der Waals surface area (Å²) < 4.78 is 25.5. The van der Waals surface area contributed by atoms with Crippen molar-refractivity contribution in [1.29, 1.82) is 0 Å². The molecule has 34 heavy (non-hydrogen) atoms. The summed E-state index contributed by atoms with van der Waals surface area (Å²) in [5, 5.41) is 0. The Labute approximate surface area is 206 Å². The second-order valence-corrected chi connectivity index (χ2v) is 22.7. The highest BCUT2D eigenvalue weighted by atomic mass is 28.4. The van der Waals surface area contributed by atoms with E-state index in [1.807, 2.05) is 6.92 Å². The summed E-state index contributed by atoms with van der Waals surface area (Å²) in [6.07, 6.45) is 4.60. The monoisotopic (exact) mass is 506 g/mol. The van der Waals surface area contributed by atoms with Crippen molar-refractivity contribution in [1.82, 2.24) is 0 Å². The van der Waals surface area contributed by atoms with Crippen LogP contribution in [0, 0.1) is 28.6 Å². The predicted molar refractivity (Wildman–Crippen MR) is 134 cm³/mol. The minimum absolute atomic E-state index is 0.116. The van der Waals surface area contributed by atoms with Gasteiger partial charge in [-0.25, -0.2) is 0 Å². The zero-order chi connectivity index (χ0) is 25.1. The van der Waals surface area contributed by atoms with Crippen LogP contribution in [0.1, 0.15) is 45.4 Å². The number of esters is 2. The van der Waals surface area contributed by atoms with Gasteiger partial charge in [-0.15, -0.1) is 0 Å². The molecular weight excluding hydrogens is 464 g/mol. The molecule has 1 spiro atoms. The molecule has 1 heterocycles. The van der Waals surface area contributed by atoms with Gasteiger partial charge in [0.2, 0.25) is 0 Å². The third kappa shape index (κ3) is 3.04. The number of hydrogen-bond donors (Lipinski definition) is 0. The molecule has 0 aromatic heterocycles. The molecule has 0 aromatic rings. The molecule has 5 fully saturated rings.